The molecule has 1 aliphatic carbocycles. The number of rotatable bonds is 54. The van der Waals surface area contributed by atoms with E-state index in [1.165, 1.54) is 360 Å². The first-order chi connectivity index (χ1) is 30.4. The average molecular weight is 856 g/mol. The van der Waals surface area contributed by atoms with Gasteiger partial charge < -0.3 is 0 Å². The molecule has 1 saturated carbocycles. The minimum atomic E-state index is 1.10. The van der Waals surface area contributed by atoms with Crippen LogP contribution in [0.25, 0.3) is 0 Å². The van der Waals surface area contributed by atoms with Gasteiger partial charge in [-0.15, -0.1) is 0 Å². The molecule has 0 aliphatic heterocycles. The van der Waals surface area contributed by atoms with Crippen molar-refractivity contribution in [2.75, 3.05) is 0 Å². The van der Waals surface area contributed by atoms with Crippen LogP contribution in [-0.2, 0) is 0 Å². The minimum Gasteiger partial charge on any atom is -0.0654 e. The molecule has 0 spiro atoms. The van der Waals surface area contributed by atoms with Gasteiger partial charge in [-0.05, 0) is 5.92 Å². The van der Waals surface area contributed by atoms with Crippen molar-refractivity contribution in [3.05, 3.63) is 0 Å². The molecule has 0 aromatic carbocycles. The summed E-state index contributed by atoms with van der Waals surface area (Å²) in [5.41, 5.74) is 0. The lowest BCUT2D eigenvalue weighted by molar-refractivity contribution is 0.328. The van der Waals surface area contributed by atoms with Gasteiger partial charge in [0.05, 0.1) is 0 Å². The summed E-state index contributed by atoms with van der Waals surface area (Å²) >= 11 is 0. The van der Waals surface area contributed by atoms with Crippen molar-refractivity contribution >= 4 is 0 Å². The van der Waals surface area contributed by atoms with Crippen LogP contribution in [0.4, 0.5) is 0 Å². The Kier molecular flexibility index (Phi) is 52.6. The average Bonchev–Trinajstić information content (AvgIpc) is 3.28. The lowest BCUT2D eigenvalue weighted by atomic mass is 9.85. The number of unbranched alkanes of at least 4 members (excludes halogenated alkanes) is 52. The van der Waals surface area contributed by atoms with E-state index in [4.69, 9.17) is 0 Å². The lowest BCUT2D eigenvalue weighted by Crippen LogP contribution is -2.05. The predicted octanol–water partition coefficient (Wildman–Crippen LogP) is 23.7. The van der Waals surface area contributed by atoms with Crippen molar-refractivity contribution in [2.24, 2.45) is 5.92 Å². The summed E-state index contributed by atoms with van der Waals surface area (Å²) in [4.78, 5) is 0. The number of hydrogen-bond acceptors (Lipinski definition) is 0. The zero-order valence-electron chi connectivity index (χ0n) is 43.3. The minimum absolute atomic E-state index is 1.10. The van der Waals surface area contributed by atoms with E-state index in [2.05, 4.69) is 6.92 Å². The molecule has 0 atom stereocenters. The normalized spacial score (nSPS) is 13.5. The molecule has 0 saturated heterocycles. The highest BCUT2D eigenvalue weighted by molar-refractivity contribution is 4.66. The van der Waals surface area contributed by atoms with E-state index in [-0.39, 0.29) is 0 Å². The van der Waals surface area contributed by atoms with Gasteiger partial charge in [-0.25, -0.2) is 0 Å². The Balaban J connectivity index is 1.58. The van der Waals surface area contributed by atoms with Gasteiger partial charge in [0.2, 0.25) is 0 Å². The molecule has 0 heteroatoms. The van der Waals surface area contributed by atoms with Crippen LogP contribution >= 0.6 is 0 Å². The highest BCUT2D eigenvalue weighted by atomic mass is 14.2. The monoisotopic (exact) mass is 855 g/mol. The molecule has 366 valence electrons. The van der Waals surface area contributed by atoms with E-state index in [9.17, 15) is 0 Å². The van der Waals surface area contributed by atoms with Crippen LogP contribution in [0.15, 0.2) is 0 Å². The third kappa shape index (κ3) is 50.9. The quantitative estimate of drug-likeness (QED) is 0.0535. The zero-order valence-corrected chi connectivity index (χ0v) is 43.3. The molecular weight excluding hydrogens is 733 g/mol. The van der Waals surface area contributed by atoms with Crippen LogP contribution in [0.5, 0.6) is 0 Å². The van der Waals surface area contributed by atoms with Gasteiger partial charge in [0.15, 0.2) is 0 Å². The summed E-state index contributed by atoms with van der Waals surface area (Å²) in [6.45, 7) is 2.31. The van der Waals surface area contributed by atoms with Crippen LogP contribution in [0.2, 0.25) is 0 Å². The van der Waals surface area contributed by atoms with E-state index in [0.29, 0.717) is 0 Å². The van der Waals surface area contributed by atoms with Gasteiger partial charge in [-0.1, -0.05) is 386 Å². The van der Waals surface area contributed by atoms with Crippen LogP contribution in [-0.4, -0.2) is 0 Å². The van der Waals surface area contributed by atoms with Gasteiger partial charge in [-0.2, -0.15) is 0 Å². The summed E-state index contributed by atoms with van der Waals surface area (Å²) in [6.07, 6.45) is 88.4. The first-order valence-electron chi connectivity index (χ1n) is 30.4. The molecule has 0 nitrogen and oxygen atoms in total. The summed E-state index contributed by atoms with van der Waals surface area (Å²) in [6, 6.07) is 0. The highest BCUT2D eigenvalue weighted by Gasteiger charge is 2.12. The molecule has 0 bridgehead atoms. The summed E-state index contributed by atoms with van der Waals surface area (Å²) < 4.78 is 0. The maximum absolute atomic E-state index is 2.31. The van der Waals surface area contributed by atoms with E-state index >= 15 is 0 Å². The van der Waals surface area contributed by atoms with Crippen molar-refractivity contribution in [1.82, 2.24) is 0 Å². The van der Waals surface area contributed by atoms with Crippen LogP contribution in [0.1, 0.15) is 386 Å². The first-order valence-corrected chi connectivity index (χ1v) is 30.4. The fourth-order valence-corrected chi connectivity index (χ4v) is 11.0. The molecule has 61 heavy (non-hydrogen) atoms. The van der Waals surface area contributed by atoms with E-state index in [0.717, 1.165) is 5.92 Å². The molecule has 0 amide bonds. The van der Waals surface area contributed by atoms with Crippen molar-refractivity contribution < 1.29 is 0 Å². The smallest absolute Gasteiger partial charge is 0.0414 e. The van der Waals surface area contributed by atoms with Gasteiger partial charge in [0.1, 0.15) is 0 Å². The Morgan fingerprint density at radius 1 is 0.180 bits per heavy atom. The Morgan fingerprint density at radius 3 is 0.492 bits per heavy atom. The zero-order chi connectivity index (χ0) is 43.3. The van der Waals surface area contributed by atoms with E-state index < -0.39 is 0 Å². The highest BCUT2D eigenvalue weighted by Crippen LogP contribution is 2.28. The van der Waals surface area contributed by atoms with Crippen LogP contribution in [0, 0.1) is 5.92 Å². The molecular formula is C61H122. The van der Waals surface area contributed by atoms with Crippen molar-refractivity contribution in [3.8, 4) is 0 Å². The molecule has 0 N–H and O–H groups in total. The van der Waals surface area contributed by atoms with Crippen molar-refractivity contribution in [3.63, 3.8) is 0 Å². The topological polar surface area (TPSA) is 0 Å². The van der Waals surface area contributed by atoms with Crippen molar-refractivity contribution in [1.29, 1.82) is 0 Å². The Morgan fingerprint density at radius 2 is 0.328 bits per heavy atom. The largest absolute Gasteiger partial charge is 0.0654 e. The van der Waals surface area contributed by atoms with Crippen molar-refractivity contribution in [2.45, 2.75) is 386 Å². The van der Waals surface area contributed by atoms with Gasteiger partial charge >= 0.3 is 0 Å². The SMILES string of the molecule is CCCCCCCCCCCCCCCCCCCCCCCCCCCCCCCCCCCCCCCCCCCCCCCCCCCCCCCC1CCCCC1. The summed E-state index contributed by atoms with van der Waals surface area (Å²) in [5, 5.41) is 0. The molecule has 0 aromatic rings. The molecule has 0 unspecified atom stereocenters. The van der Waals surface area contributed by atoms with Crippen LogP contribution < -0.4 is 0 Å². The standard InChI is InChI=1S/C61H122/c1-2-3-4-5-6-7-8-9-10-11-12-13-14-15-16-17-18-19-20-21-22-23-24-25-26-27-28-29-30-31-32-33-34-35-36-37-38-39-40-41-42-43-44-45-46-47-48-49-50-51-52-53-55-58-61-59-56-54-57-60-61/h61H,2-60H2,1H3. The van der Waals surface area contributed by atoms with E-state index in [1.54, 1.807) is 19.3 Å². The molecule has 1 aliphatic rings. The Hall–Kier alpha value is 0. The Labute approximate surface area is 390 Å². The maximum Gasteiger partial charge on any atom is -0.0414 e. The molecule has 1 rings (SSSR count). The lowest BCUT2D eigenvalue weighted by Gasteiger charge is -2.21. The second kappa shape index (κ2) is 54.3. The summed E-state index contributed by atoms with van der Waals surface area (Å²) in [7, 11) is 0. The fraction of sp³-hybridized carbons (Fsp3) is 1.00. The molecule has 0 heterocycles. The van der Waals surface area contributed by atoms with Crippen LogP contribution in [0.3, 0.4) is 0 Å². The summed E-state index contributed by atoms with van der Waals surface area (Å²) in [5.74, 6) is 1.10. The van der Waals surface area contributed by atoms with Gasteiger partial charge in [-0.3, -0.25) is 0 Å². The molecule has 0 radical (unpaired) electrons. The van der Waals surface area contributed by atoms with Gasteiger partial charge in [0, 0.05) is 0 Å². The van der Waals surface area contributed by atoms with E-state index in [1.807, 2.05) is 0 Å². The van der Waals surface area contributed by atoms with Gasteiger partial charge in [0.25, 0.3) is 0 Å². The third-order valence-electron chi connectivity index (χ3n) is 15.4. The second-order valence-corrected chi connectivity index (χ2v) is 21.7. The molecule has 0 aromatic heterocycles. The second-order valence-electron chi connectivity index (χ2n) is 21.7. The number of hydrogen-bond donors (Lipinski definition) is 0. The molecule has 1 fully saturated rings. The first kappa shape index (κ1) is 59.0. The Bertz CT molecular complexity index is 732. The predicted molar refractivity (Wildman–Crippen MR) is 282 cm³/mol. The third-order valence-corrected chi connectivity index (χ3v) is 15.4. The fourth-order valence-electron chi connectivity index (χ4n) is 11.0. The maximum atomic E-state index is 2.31.